The molecule has 0 aromatic heterocycles. The third-order valence-electron chi connectivity index (χ3n) is 4.83. The van der Waals surface area contributed by atoms with E-state index < -0.39 is 6.04 Å². The summed E-state index contributed by atoms with van der Waals surface area (Å²) in [5, 5.41) is 0. The maximum absolute atomic E-state index is 12.7. The predicted molar refractivity (Wildman–Crippen MR) is 97.7 cm³/mol. The van der Waals surface area contributed by atoms with Crippen LogP contribution in [-0.4, -0.2) is 29.7 Å². The summed E-state index contributed by atoms with van der Waals surface area (Å²) >= 11 is 0. The maximum atomic E-state index is 12.7. The molecule has 0 bridgehead atoms. The highest BCUT2D eigenvalue weighted by Gasteiger charge is 2.24. The third kappa shape index (κ3) is 3.56. The molecule has 0 aliphatic heterocycles. The molecule has 126 valence electrons. The number of ketones is 1. The van der Waals surface area contributed by atoms with Crippen molar-refractivity contribution in [2.45, 2.75) is 40.7 Å². The van der Waals surface area contributed by atoms with Crippen LogP contribution < -0.4 is 0 Å². The molecule has 2 rings (SSSR count). The fourth-order valence-corrected chi connectivity index (χ4v) is 2.57. The molecular weight excluding hydrogens is 298 g/mol. The molecule has 3 nitrogen and oxygen atoms in total. The standard InChI is InChI=1S/C21H25NO2/c1-13-7-9-18(11-15(13)3)20(23)17(5)22(6)21(24)19-10-8-14(2)16(4)12-19/h7-12,17H,1-6H3. The number of nitrogens with zero attached hydrogens (tertiary/aromatic N) is 1. The van der Waals surface area contributed by atoms with E-state index in [2.05, 4.69) is 0 Å². The van der Waals surface area contributed by atoms with Crippen LogP contribution >= 0.6 is 0 Å². The van der Waals surface area contributed by atoms with E-state index in [1.165, 1.54) is 4.90 Å². The first-order valence-electron chi connectivity index (χ1n) is 8.18. The smallest absolute Gasteiger partial charge is 0.254 e. The Kier molecular flexibility index (Phi) is 5.23. The second-order valence-electron chi connectivity index (χ2n) is 6.55. The van der Waals surface area contributed by atoms with Crippen molar-refractivity contribution in [2.75, 3.05) is 7.05 Å². The summed E-state index contributed by atoms with van der Waals surface area (Å²) in [6, 6.07) is 10.8. The van der Waals surface area contributed by atoms with Crippen LogP contribution in [0.2, 0.25) is 0 Å². The summed E-state index contributed by atoms with van der Waals surface area (Å²) in [5.74, 6) is -0.180. The minimum absolute atomic E-state index is 0.0437. The van der Waals surface area contributed by atoms with E-state index in [9.17, 15) is 9.59 Å². The Balaban J connectivity index is 2.22. The van der Waals surface area contributed by atoms with E-state index in [1.807, 2.05) is 64.1 Å². The highest BCUT2D eigenvalue weighted by Crippen LogP contribution is 2.16. The molecule has 0 heterocycles. The minimum atomic E-state index is -0.513. The van der Waals surface area contributed by atoms with Crippen molar-refractivity contribution >= 4 is 11.7 Å². The number of carbonyl (C=O) groups excluding carboxylic acids is 2. The van der Waals surface area contributed by atoms with Crippen molar-refractivity contribution in [1.82, 2.24) is 4.90 Å². The van der Waals surface area contributed by atoms with Gasteiger partial charge in [-0.1, -0.05) is 18.2 Å². The lowest BCUT2D eigenvalue weighted by atomic mass is 9.99. The molecule has 0 aliphatic rings. The van der Waals surface area contributed by atoms with Gasteiger partial charge in [0.1, 0.15) is 0 Å². The normalized spacial score (nSPS) is 11.9. The van der Waals surface area contributed by atoms with Crippen molar-refractivity contribution in [1.29, 1.82) is 0 Å². The zero-order chi connectivity index (χ0) is 18.0. The number of Topliss-reactive ketones (excluding diaryl/α,β-unsaturated/α-hetero) is 1. The fourth-order valence-electron chi connectivity index (χ4n) is 2.57. The molecule has 3 heteroatoms. The van der Waals surface area contributed by atoms with Gasteiger partial charge in [-0.15, -0.1) is 0 Å². The summed E-state index contributed by atoms with van der Waals surface area (Å²) in [5.41, 5.74) is 5.71. The first-order chi connectivity index (χ1) is 11.2. The molecule has 0 spiro atoms. The summed E-state index contributed by atoms with van der Waals surface area (Å²) < 4.78 is 0. The van der Waals surface area contributed by atoms with Crippen LogP contribution in [0.4, 0.5) is 0 Å². The molecule has 24 heavy (non-hydrogen) atoms. The third-order valence-corrected chi connectivity index (χ3v) is 4.83. The van der Waals surface area contributed by atoms with Crippen molar-refractivity contribution < 1.29 is 9.59 Å². The Hall–Kier alpha value is -2.42. The van der Waals surface area contributed by atoms with E-state index in [4.69, 9.17) is 0 Å². The molecular formula is C21H25NO2. The number of rotatable bonds is 4. The summed E-state index contributed by atoms with van der Waals surface area (Å²) in [6.07, 6.45) is 0. The molecule has 0 saturated carbocycles. The molecule has 1 amide bonds. The number of benzene rings is 2. The minimum Gasteiger partial charge on any atom is -0.332 e. The van der Waals surface area contributed by atoms with Crippen LogP contribution in [0.5, 0.6) is 0 Å². The number of likely N-dealkylation sites (N-methyl/N-ethyl adjacent to an activating group) is 1. The topological polar surface area (TPSA) is 37.4 Å². The number of hydrogen-bond acceptors (Lipinski definition) is 2. The SMILES string of the molecule is Cc1ccc(C(=O)C(C)N(C)C(=O)c2ccc(C)c(C)c2)cc1C. The van der Waals surface area contributed by atoms with Gasteiger partial charge in [0, 0.05) is 18.2 Å². The van der Waals surface area contributed by atoms with Crippen molar-refractivity contribution in [3.05, 3.63) is 69.8 Å². The first kappa shape index (κ1) is 17.9. The van der Waals surface area contributed by atoms with Gasteiger partial charge in [-0.3, -0.25) is 9.59 Å². The second-order valence-corrected chi connectivity index (χ2v) is 6.55. The van der Waals surface area contributed by atoms with Crippen LogP contribution in [-0.2, 0) is 0 Å². The maximum Gasteiger partial charge on any atom is 0.254 e. The second kappa shape index (κ2) is 7.00. The zero-order valence-corrected chi connectivity index (χ0v) is 15.3. The molecule has 0 N–H and O–H groups in total. The quantitative estimate of drug-likeness (QED) is 0.788. The predicted octanol–water partition coefficient (Wildman–Crippen LogP) is 4.26. The fraction of sp³-hybridized carbons (Fsp3) is 0.333. The Morgan fingerprint density at radius 3 is 1.75 bits per heavy atom. The van der Waals surface area contributed by atoms with Gasteiger partial charge in [-0.05, 0) is 75.1 Å². The zero-order valence-electron chi connectivity index (χ0n) is 15.3. The monoisotopic (exact) mass is 323 g/mol. The number of amides is 1. The lowest BCUT2D eigenvalue weighted by Crippen LogP contribution is -2.40. The Morgan fingerprint density at radius 1 is 0.792 bits per heavy atom. The van der Waals surface area contributed by atoms with Gasteiger partial charge in [-0.2, -0.15) is 0 Å². The van der Waals surface area contributed by atoms with Gasteiger partial charge in [-0.25, -0.2) is 0 Å². The summed E-state index contributed by atoms with van der Waals surface area (Å²) in [6.45, 7) is 9.77. The van der Waals surface area contributed by atoms with Gasteiger partial charge in [0.2, 0.25) is 0 Å². The van der Waals surface area contributed by atoms with Crippen molar-refractivity contribution in [3.63, 3.8) is 0 Å². The molecule has 2 aromatic rings. The summed E-state index contributed by atoms with van der Waals surface area (Å²) in [7, 11) is 1.68. The molecule has 0 aliphatic carbocycles. The Bertz CT molecular complexity index is 725. The first-order valence-corrected chi connectivity index (χ1v) is 8.18. The van der Waals surface area contributed by atoms with Crippen molar-refractivity contribution in [2.24, 2.45) is 0 Å². The largest absolute Gasteiger partial charge is 0.332 e. The Labute approximate surface area is 144 Å². The van der Waals surface area contributed by atoms with E-state index in [-0.39, 0.29) is 11.7 Å². The highest BCUT2D eigenvalue weighted by atomic mass is 16.2. The number of carbonyl (C=O) groups is 2. The van der Waals surface area contributed by atoms with E-state index in [0.717, 1.165) is 22.3 Å². The van der Waals surface area contributed by atoms with Crippen LogP contribution in [0, 0.1) is 27.7 Å². The molecule has 2 aromatic carbocycles. The van der Waals surface area contributed by atoms with Crippen LogP contribution in [0.15, 0.2) is 36.4 Å². The highest BCUT2D eigenvalue weighted by molar-refractivity contribution is 6.04. The van der Waals surface area contributed by atoms with Gasteiger partial charge in [0.15, 0.2) is 5.78 Å². The number of aryl methyl sites for hydroxylation is 4. The average Bonchev–Trinajstić information content (AvgIpc) is 2.57. The van der Waals surface area contributed by atoms with Crippen molar-refractivity contribution in [3.8, 4) is 0 Å². The van der Waals surface area contributed by atoms with Crippen LogP contribution in [0.3, 0.4) is 0 Å². The molecule has 1 unspecified atom stereocenters. The lowest BCUT2D eigenvalue weighted by molar-refractivity contribution is 0.0675. The summed E-state index contributed by atoms with van der Waals surface area (Å²) in [4.78, 5) is 26.9. The van der Waals surface area contributed by atoms with Gasteiger partial charge in [0.25, 0.3) is 5.91 Å². The molecule has 0 radical (unpaired) electrons. The van der Waals surface area contributed by atoms with Gasteiger partial charge in [0.05, 0.1) is 6.04 Å². The van der Waals surface area contributed by atoms with Crippen LogP contribution in [0.1, 0.15) is 49.9 Å². The molecule has 0 saturated heterocycles. The molecule has 0 fully saturated rings. The van der Waals surface area contributed by atoms with E-state index in [0.29, 0.717) is 11.1 Å². The lowest BCUT2D eigenvalue weighted by Gasteiger charge is -2.24. The van der Waals surface area contributed by atoms with E-state index >= 15 is 0 Å². The number of hydrogen-bond donors (Lipinski definition) is 0. The average molecular weight is 323 g/mol. The van der Waals surface area contributed by atoms with Crippen LogP contribution in [0.25, 0.3) is 0 Å². The van der Waals surface area contributed by atoms with Gasteiger partial charge >= 0.3 is 0 Å². The molecule has 1 atom stereocenters. The van der Waals surface area contributed by atoms with Gasteiger partial charge < -0.3 is 4.90 Å². The van der Waals surface area contributed by atoms with E-state index in [1.54, 1.807) is 14.0 Å². The Morgan fingerprint density at radius 2 is 1.25 bits per heavy atom.